The predicted octanol–water partition coefficient (Wildman–Crippen LogP) is 7.78. The largest absolute Gasteiger partial charge is 0.356 e. The van der Waals surface area contributed by atoms with E-state index in [9.17, 15) is 0 Å². The fraction of sp³-hybridized carbons (Fsp3) is 0.533. The van der Waals surface area contributed by atoms with Crippen LogP contribution < -0.4 is 0 Å². The van der Waals surface area contributed by atoms with Crippen LogP contribution in [0.5, 0.6) is 0 Å². The van der Waals surface area contributed by atoms with Crippen LogP contribution in [0.2, 0.25) is 0 Å². The number of nitrogens with zero attached hydrogens (tertiary/aromatic N) is 3. The molecule has 0 atom stereocenters. The van der Waals surface area contributed by atoms with Crippen LogP contribution in [0.1, 0.15) is 98.7 Å². The van der Waals surface area contributed by atoms with E-state index >= 15 is 0 Å². The predicted molar refractivity (Wildman–Crippen MR) is 145 cm³/mol. The van der Waals surface area contributed by atoms with Gasteiger partial charge < -0.3 is 9.55 Å². The third kappa shape index (κ3) is 4.28. The number of H-pyrrole nitrogens is 1. The molecule has 4 rings (SSSR count). The zero-order valence-electron chi connectivity index (χ0n) is 23.0. The van der Waals surface area contributed by atoms with Crippen LogP contribution in [-0.4, -0.2) is 19.5 Å². The smallest absolute Gasteiger partial charge is 0.0919 e. The molecule has 4 heterocycles. The molecule has 4 nitrogen and oxygen atoms in total. The molecule has 4 aromatic heterocycles. The highest BCUT2D eigenvalue weighted by atomic mass is 15.1. The van der Waals surface area contributed by atoms with Crippen molar-refractivity contribution in [1.82, 2.24) is 19.5 Å². The summed E-state index contributed by atoms with van der Waals surface area (Å²) >= 11 is 0. The molecule has 0 aliphatic heterocycles. The van der Waals surface area contributed by atoms with Crippen LogP contribution in [0, 0.1) is 0 Å². The fourth-order valence-electron chi connectivity index (χ4n) is 5.35. The Kier molecular flexibility index (Phi) is 5.54. The lowest BCUT2D eigenvalue weighted by Gasteiger charge is -2.31. The second kappa shape index (κ2) is 7.69. The van der Waals surface area contributed by atoms with Crippen LogP contribution in [0.25, 0.3) is 22.1 Å². The highest BCUT2D eigenvalue weighted by Gasteiger charge is 2.34. The Morgan fingerprint density at radius 1 is 0.853 bits per heavy atom. The van der Waals surface area contributed by atoms with Crippen molar-refractivity contribution in [1.29, 1.82) is 0 Å². The molecule has 0 radical (unpaired) electrons. The van der Waals surface area contributed by atoms with E-state index in [1.54, 1.807) is 0 Å². The minimum atomic E-state index is -0.106. The number of hydrogen-bond acceptors (Lipinski definition) is 2. The summed E-state index contributed by atoms with van der Waals surface area (Å²) in [6, 6.07) is 8.78. The second-order valence-corrected chi connectivity index (χ2v) is 13.6. The van der Waals surface area contributed by atoms with Crippen molar-refractivity contribution in [2.24, 2.45) is 0 Å². The molecular weight excluding hydrogens is 416 g/mol. The van der Waals surface area contributed by atoms with E-state index in [1.807, 2.05) is 12.3 Å². The number of aromatic amines is 1. The maximum atomic E-state index is 4.94. The first-order chi connectivity index (χ1) is 15.5. The summed E-state index contributed by atoms with van der Waals surface area (Å²) in [6.45, 7) is 25.2. The summed E-state index contributed by atoms with van der Waals surface area (Å²) in [4.78, 5) is 13.4. The highest BCUT2D eigenvalue weighted by molar-refractivity contribution is 5.82. The monoisotopic (exact) mass is 458 g/mol. The maximum Gasteiger partial charge on any atom is 0.0919 e. The lowest BCUT2D eigenvalue weighted by atomic mass is 9.75. The van der Waals surface area contributed by atoms with Gasteiger partial charge in [0.05, 0.1) is 22.1 Å². The van der Waals surface area contributed by atoms with E-state index in [2.05, 4.69) is 110 Å². The molecule has 0 saturated carbocycles. The molecule has 0 fully saturated rings. The first-order valence-electron chi connectivity index (χ1n) is 12.5. The third-order valence-electron chi connectivity index (χ3n) is 6.78. The number of pyridine rings is 2. The van der Waals surface area contributed by atoms with E-state index < -0.39 is 0 Å². The van der Waals surface area contributed by atoms with E-state index in [0.29, 0.717) is 0 Å². The van der Waals surface area contributed by atoms with Crippen molar-refractivity contribution < 1.29 is 0 Å². The lowest BCUT2D eigenvalue weighted by molar-refractivity contribution is 0.371. The summed E-state index contributed by atoms with van der Waals surface area (Å²) in [5.74, 6) is 0. The molecule has 0 spiro atoms. The van der Waals surface area contributed by atoms with E-state index in [1.165, 1.54) is 28.0 Å². The Balaban J connectivity index is 1.85. The van der Waals surface area contributed by atoms with Gasteiger partial charge in [-0.3, -0.25) is 9.97 Å². The zero-order valence-corrected chi connectivity index (χ0v) is 23.0. The average molecular weight is 459 g/mol. The minimum Gasteiger partial charge on any atom is -0.356 e. The summed E-state index contributed by atoms with van der Waals surface area (Å²) < 4.78 is 2.49. The van der Waals surface area contributed by atoms with Crippen LogP contribution in [-0.2, 0) is 28.2 Å². The molecule has 1 N–H and O–H groups in total. The third-order valence-corrected chi connectivity index (χ3v) is 6.78. The molecule has 0 bridgehead atoms. The van der Waals surface area contributed by atoms with E-state index in [4.69, 9.17) is 9.97 Å². The van der Waals surface area contributed by atoms with Gasteiger partial charge in [0.2, 0.25) is 0 Å². The number of rotatable bonds is 3. The van der Waals surface area contributed by atoms with E-state index in [0.717, 1.165) is 23.0 Å². The Morgan fingerprint density at radius 3 is 2.12 bits per heavy atom. The SMILES string of the molecule is CC(C)(C)c1c(C(C)(C)Cc2cnc3cc(C(C)(C)C)n(C(C)(C)C)c3c2)[nH]c2cccnc12. The molecule has 0 aromatic carbocycles. The number of nitrogens with one attached hydrogen (secondary N) is 1. The molecule has 0 saturated heterocycles. The topological polar surface area (TPSA) is 46.5 Å². The second-order valence-electron chi connectivity index (χ2n) is 13.6. The Bertz CT molecular complexity index is 1340. The van der Waals surface area contributed by atoms with Gasteiger partial charge in [0.25, 0.3) is 0 Å². The normalized spacial score (nSPS) is 13.9. The Labute approximate surface area is 205 Å². The molecule has 0 aliphatic carbocycles. The standard InChI is InChI=1S/C30H42N4/c1-27(2,3)23-16-21-22(34(23)29(7,8)9)15-19(18-32-21)17-30(10,11)26-24(28(4,5)6)25-20(33-26)13-12-14-31-25/h12-16,18,33H,17H2,1-11H3. The average Bonchev–Trinajstić information content (AvgIpc) is 3.26. The van der Waals surface area contributed by atoms with Gasteiger partial charge in [-0.1, -0.05) is 55.4 Å². The van der Waals surface area contributed by atoms with Crippen LogP contribution >= 0.6 is 0 Å². The van der Waals surface area contributed by atoms with Gasteiger partial charge >= 0.3 is 0 Å². The molecule has 4 aromatic rings. The first kappa shape index (κ1) is 24.5. The summed E-state index contributed by atoms with van der Waals surface area (Å²) in [6.07, 6.45) is 4.86. The number of hydrogen-bond donors (Lipinski definition) is 1. The van der Waals surface area contributed by atoms with Gasteiger partial charge in [-0.25, -0.2) is 0 Å². The maximum absolute atomic E-state index is 4.94. The Morgan fingerprint density at radius 2 is 1.53 bits per heavy atom. The molecule has 0 aliphatic rings. The Hall–Kier alpha value is -2.62. The van der Waals surface area contributed by atoms with E-state index in [-0.39, 0.29) is 21.8 Å². The summed E-state index contributed by atoms with van der Waals surface area (Å²) in [7, 11) is 0. The first-order valence-corrected chi connectivity index (χ1v) is 12.5. The van der Waals surface area contributed by atoms with Crippen molar-refractivity contribution in [2.45, 2.75) is 104 Å². The van der Waals surface area contributed by atoms with Crippen molar-refractivity contribution in [3.05, 3.63) is 59.2 Å². The van der Waals surface area contributed by atoms with Gasteiger partial charge in [-0.2, -0.15) is 0 Å². The van der Waals surface area contributed by atoms with Crippen LogP contribution in [0.15, 0.2) is 36.7 Å². The van der Waals surface area contributed by atoms with Gasteiger partial charge in [0.1, 0.15) is 0 Å². The van der Waals surface area contributed by atoms with Crippen molar-refractivity contribution >= 4 is 22.1 Å². The molecule has 34 heavy (non-hydrogen) atoms. The lowest BCUT2D eigenvalue weighted by Crippen LogP contribution is -2.29. The fourth-order valence-corrected chi connectivity index (χ4v) is 5.35. The number of aromatic nitrogens is 4. The number of fused-ring (bicyclic) bond motifs is 2. The van der Waals surface area contributed by atoms with Crippen LogP contribution in [0.3, 0.4) is 0 Å². The quantitative estimate of drug-likeness (QED) is 0.341. The van der Waals surface area contributed by atoms with Gasteiger partial charge in [-0.15, -0.1) is 0 Å². The van der Waals surface area contributed by atoms with Gasteiger partial charge in [-0.05, 0) is 62.4 Å². The van der Waals surface area contributed by atoms with Gasteiger partial charge in [0, 0.05) is 45.7 Å². The molecule has 0 amide bonds. The molecule has 4 heteroatoms. The van der Waals surface area contributed by atoms with Gasteiger partial charge in [0.15, 0.2) is 0 Å². The summed E-state index contributed by atoms with van der Waals surface area (Å²) in [5.41, 5.74) is 9.58. The summed E-state index contributed by atoms with van der Waals surface area (Å²) in [5, 5.41) is 0. The zero-order chi connectivity index (χ0) is 25.3. The van der Waals surface area contributed by atoms with Crippen molar-refractivity contribution in [3.8, 4) is 0 Å². The molecule has 0 unspecified atom stereocenters. The van der Waals surface area contributed by atoms with Crippen LogP contribution in [0.4, 0.5) is 0 Å². The molecule has 182 valence electrons. The minimum absolute atomic E-state index is 0.00996. The highest BCUT2D eigenvalue weighted by Crippen LogP contribution is 2.40. The van der Waals surface area contributed by atoms with Crippen molar-refractivity contribution in [2.75, 3.05) is 0 Å². The molecular formula is C30H42N4. The van der Waals surface area contributed by atoms with Crippen molar-refractivity contribution in [3.63, 3.8) is 0 Å².